The lowest BCUT2D eigenvalue weighted by atomic mass is 9.93. The number of carbonyl (C=O) groups is 2. The summed E-state index contributed by atoms with van der Waals surface area (Å²) in [7, 11) is -26.5. The first-order valence-electron chi connectivity index (χ1n) is 21.4. The summed E-state index contributed by atoms with van der Waals surface area (Å²) in [6.45, 7) is 0. The molecule has 0 amide bonds. The number of aromatic hydroxyl groups is 1. The van der Waals surface area contributed by atoms with Crippen LogP contribution in [0, 0.1) is 10.1 Å². The number of non-ortho nitro benzene ring substituents is 1. The third kappa shape index (κ3) is 11.2. The summed E-state index contributed by atoms with van der Waals surface area (Å²) in [4.78, 5) is 33.0. The van der Waals surface area contributed by atoms with E-state index < -0.39 is 120 Å². The van der Waals surface area contributed by atoms with Crippen LogP contribution in [0.15, 0.2) is 160 Å². The molecule has 0 spiro atoms. The number of hydrazone groups is 2. The van der Waals surface area contributed by atoms with Crippen molar-refractivity contribution in [2.45, 2.75) is 14.7 Å². The first-order chi connectivity index (χ1) is 36.8. The Morgan fingerprint density at radius 3 is 1.56 bits per heavy atom. The number of Topliss-reactive ketones (excluding diaryl/α,β-unsaturated/α-hetero) is 2. The molecule has 4 N–H and O–H groups in total. The highest BCUT2D eigenvalue weighted by molar-refractivity contribution is 7.91. The number of rotatable bonds is 14. The Balaban J connectivity index is 1.00. The number of phenols is 1. The molecule has 0 saturated heterocycles. The Morgan fingerprint density at radius 2 is 1.01 bits per heavy atom. The van der Waals surface area contributed by atoms with E-state index in [1.54, 1.807) is 0 Å². The molecule has 0 heterocycles. The maximum absolute atomic E-state index is 14.0. The van der Waals surface area contributed by atoms with Gasteiger partial charge in [0.05, 0.1) is 46.5 Å². The minimum Gasteiger partial charge on any atom is -0.744 e. The molecule has 7 aromatic carbocycles. The predicted molar refractivity (Wildman–Crippen MR) is 273 cm³/mol. The van der Waals surface area contributed by atoms with Gasteiger partial charge in [-0.3, -0.25) is 30.6 Å². The van der Waals surface area contributed by atoms with Crippen molar-refractivity contribution in [2.75, 3.05) is 16.2 Å². The van der Waals surface area contributed by atoms with Gasteiger partial charge in [0.2, 0.25) is 11.6 Å². The summed E-state index contributed by atoms with van der Waals surface area (Å²) >= 11 is 0. The summed E-state index contributed by atoms with van der Waals surface area (Å²) < 4.78 is 182. The van der Waals surface area contributed by atoms with Gasteiger partial charge in [0.1, 0.15) is 73.5 Å². The van der Waals surface area contributed by atoms with E-state index in [1.807, 2.05) is 0 Å². The number of anilines is 4. The number of nitro benzene ring substituents is 1. The Labute approximate surface area is 443 Å². The third-order valence-corrected chi connectivity index (χ3v) is 15.8. The van der Waals surface area contributed by atoms with Crippen molar-refractivity contribution in [2.24, 2.45) is 20.4 Å². The molecule has 0 aromatic heterocycles. The Bertz CT molecular complexity index is 4700. The molecule has 9 rings (SSSR count). The standard InChI is InChI=1S/C46H30N8O20S5/c55-39-21-30(76(63,64)65)16-22-15-27(3-6-31(22)39)48-52-43-41(78(69,70)71)17-23-13-25(1-7-32(23)45(43)56)47-26-2-8-33-24(14-26)18-42(79(72,73)74)44(46(33)57)53-50-37-12-11-36(34-9-5-29(20-35(34)37)75(60,61)62)49-51-38-10-4-28(54(58)59)19-40(38)77(66,67)68/h1-21,47-48,50,55H,(H,60,61,62)(H,63,64,65)(H,66,67,68)(H,69,70,71)(H,72,73,74)/p-5. The fourth-order valence-corrected chi connectivity index (χ4v) is 11.0. The van der Waals surface area contributed by atoms with E-state index in [0.717, 1.165) is 66.7 Å². The zero-order valence-corrected chi connectivity index (χ0v) is 42.7. The predicted octanol–water partition coefficient (Wildman–Crippen LogP) is 5.58. The normalized spacial score (nSPS) is 15.3. The highest BCUT2D eigenvalue weighted by Gasteiger charge is 2.32. The van der Waals surface area contributed by atoms with Gasteiger partial charge >= 0.3 is 0 Å². The van der Waals surface area contributed by atoms with Gasteiger partial charge in [-0.25, -0.2) is 42.1 Å². The van der Waals surface area contributed by atoms with Gasteiger partial charge in [-0.2, -0.15) is 10.2 Å². The molecular formula is C46H25N8O20S5-5. The Morgan fingerprint density at radius 1 is 0.481 bits per heavy atom. The van der Waals surface area contributed by atoms with E-state index >= 15 is 0 Å². The van der Waals surface area contributed by atoms with E-state index in [-0.39, 0.29) is 72.2 Å². The quantitative estimate of drug-likeness (QED) is 0.0447. The van der Waals surface area contributed by atoms with Gasteiger partial charge in [-0.15, -0.1) is 10.2 Å². The number of benzene rings is 7. The molecule has 7 aromatic rings. The smallest absolute Gasteiger partial charge is 0.270 e. The number of ketones is 2. The van der Waals surface area contributed by atoms with E-state index in [1.165, 1.54) is 54.6 Å². The van der Waals surface area contributed by atoms with Crippen molar-refractivity contribution in [3.05, 3.63) is 157 Å². The third-order valence-electron chi connectivity index (χ3n) is 11.6. The first-order valence-corrected chi connectivity index (χ1v) is 28.5. The van der Waals surface area contributed by atoms with Crippen LogP contribution in [-0.4, -0.2) is 97.9 Å². The van der Waals surface area contributed by atoms with Crippen LogP contribution in [-0.2, 0) is 50.6 Å². The van der Waals surface area contributed by atoms with E-state index in [4.69, 9.17) is 0 Å². The number of phenolic OH excluding ortho intramolecular Hbond substituents is 1. The van der Waals surface area contributed by atoms with Gasteiger partial charge in [-0.1, -0.05) is 6.07 Å². The molecule has 2 aliphatic rings. The molecule has 33 heteroatoms. The van der Waals surface area contributed by atoms with Gasteiger partial charge < -0.3 is 33.2 Å². The van der Waals surface area contributed by atoms with Crippen molar-refractivity contribution >= 4 is 147 Å². The number of nitrogens with zero attached hydrogens (tertiary/aromatic N) is 5. The number of nitro groups is 1. The summed E-state index contributed by atoms with van der Waals surface area (Å²) in [5.74, 6) is -2.71. The highest BCUT2D eigenvalue weighted by Crippen LogP contribution is 2.38. The van der Waals surface area contributed by atoms with Gasteiger partial charge in [-0.05, 0) is 126 Å². The number of fused-ring (bicyclic) bond motifs is 4. The van der Waals surface area contributed by atoms with Gasteiger partial charge in [0.15, 0.2) is 0 Å². The topological polar surface area (TPSA) is 469 Å². The number of azo groups is 1. The second-order valence-corrected chi connectivity index (χ2v) is 23.5. The molecule has 0 saturated carbocycles. The number of hydrogen-bond acceptors (Lipinski definition) is 27. The van der Waals surface area contributed by atoms with Crippen molar-refractivity contribution in [3.8, 4) is 5.75 Å². The summed E-state index contributed by atoms with van der Waals surface area (Å²) in [6, 6.07) is 20.3. The first kappa shape index (κ1) is 54.7. The molecule has 28 nitrogen and oxygen atoms in total. The maximum Gasteiger partial charge on any atom is 0.270 e. The molecular weight excluding hydrogens is 1140 g/mol. The average Bonchev–Trinajstić information content (AvgIpc) is 3.36. The summed E-state index contributed by atoms with van der Waals surface area (Å²) in [5.41, 5.74) is 0.847. The fraction of sp³-hybridized carbons (Fsp3) is 0. The van der Waals surface area contributed by atoms with Crippen LogP contribution >= 0.6 is 0 Å². The van der Waals surface area contributed by atoms with Crippen LogP contribution in [0.3, 0.4) is 0 Å². The zero-order chi connectivity index (χ0) is 57.3. The highest BCUT2D eigenvalue weighted by atomic mass is 32.2. The lowest BCUT2D eigenvalue weighted by Crippen LogP contribution is -2.27. The van der Waals surface area contributed by atoms with E-state index in [9.17, 15) is 89.7 Å². The molecule has 0 radical (unpaired) electrons. The summed E-state index contributed by atoms with van der Waals surface area (Å²) in [6.07, 6.45) is 1.68. The lowest BCUT2D eigenvalue weighted by molar-refractivity contribution is -0.385. The maximum atomic E-state index is 14.0. The Hall–Kier alpha value is -9.03. The van der Waals surface area contributed by atoms with Crippen LogP contribution in [0.25, 0.3) is 33.7 Å². The Kier molecular flexibility index (Phi) is 13.7. The molecule has 79 heavy (non-hydrogen) atoms. The van der Waals surface area contributed by atoms with Crippen molar-refractivity contribution in [3.63, 3.8) is 0 Å². The van der Waals surface area contributed by atoms with Crippen molar-refractivity contribution < 1.29 is 84.5 Å². The zero-order valence-electron chi connectivity index (χ0n) is 38.6. The molecule has 0 aliphatic heterocycles. The minimum atomic E-state index is -5.55. The van der Waals surface area contributed by atoms with Crippen LogP contribution in [0.4, 0.5) is 39.8 Å². The minimum absolute atomic E-state index is 0.00501. The molecule has 404 valence electrons. The molecule has 0 fully saturated rings. The van der Waals surface area contributed by atoms with Crippen LogP contribution < -0.4 is 16.2 Å². The van der Waals surface area contributed by atoms with Crippen LogP contribution in [0.5, 0.6) is 5.75 Å². The largest absolute Gasteiger partial charge is 0.744 e. The number of nitrogens with one attached hydrogen (secondary N) is 3. The van der Waals surface area contributed by atoms with Crippen LogP contribution in [0.2, 0.25) is 0 Å². The monoisotopic (exact) mass is 1170 g/mol. The van der Waals surface area contributed by atoms with E-state index in [0.29, 0.717) is 6.07 Å². The van der Waals surface area contributed by atoms with Gasteiger partial charge in [0.25, 0.3) is 5.69 Å². The van der Waals surface area contributed by atoms with E-state index in [2.05, 4.69) is 36.6 Å². The van der Waals surface area contributed by atoms with Gasteiger partial charge in [0, 0.05) is 50.8 Å². The number of carbonyl (C=O) groups excluding carboxylic acids is 2. The second kappa shape index (κ2) is 19.8. The second-order valence-electron chi connectivity index (χ2n) is 16.6. The summed E-state index contributed by atoms with van der Waals surface area (Å²) in [5, 5.41) is 39.7. The number of allylic oxidation sites excluding steroid dienone is 2. The average molecular weight is 1170 g/mol. The lowest BCUT2D eigenvalue weighted by Gasteiger charge is -2.22. The van der Waals surface area contributed by atoms with Crippen molar-refractivity contribution in [1.29, 1.82) is 0 Å². The fourth-order valence-electron chi connectivity index (χ4n) is 8.02. The number of hydrogen-bond donors (Lipinski definition) is 4. The molecule has 0 bridgehead atoms. The van der Waals surface area contributed by atoms with Crippen molar-refractivity contribution in [1.82, 2.24) is 0 Å². The SMILES string of the molecule is O=C1C(=NNc2ccc3c(O)cc(S(=O)(=O)[O-])cc3c2)C(S(=O)(=O)[O-])=Cc2cc(Nc3ccc4c(c3)C=C(S(=O)(=O)[O-])C(=NNc3ccc(N=Nc5ccc([N+](=O)[O-])cc5S(=O)(=O)[O-])c5ccc(S(=O)(=O)[O-])cc35)C4=O)ccc21. The molecule has 0 unspecified atom stereocenters. The molecule has 2 aliphatic carbocycles. The molecule has 0 atom stereocenters. The van der Waals surface area contributed by atoms with Crippen LogP contribution in [0.1, 0.15) is 31.8 Å².